The fraction of sp³-hybridized carbons (Fsp3) is 0.562. The molecular formula is C16H21ClFN3O. The Hall–Kier alpha value is -1.17. The summed E-state index contributed by atoms with van der Waals surface area (Å²) in [6.07, 6.45) is 2.03. The molecule has 2 aliphatic rings. The van der Waals surface area contributed by atoms with E-state index in [1.807, 2.05) is 4.90 Å². The Bertz CT molecular complexity index is 540. The quantitative estimate of drug-likeness (QED) is 0.921. The van der Waals surface area contributed by atoms with Crippen molar-refractivity contribution in [2.24, 2.45) is 0 Å². The van der Waals surface area contributed by atoms with Gasteiger partial charge in [-0.05, 0) is 37.1 Å². The van der Waals surface area contributed by atoms with Crippen LogP contribution in [-0.2, 0) is 11.3 Å². The van der Waals surface area contributed by atoms with Crippen molar-refractivity contribution in [3.63, 3.8) is 0 Å². The van der Waals surface area contributed by atoms with Crippen LogP contribution in [0.2, 0.25) is 5.02 Å². The second-order valence-corrected chi connectivity index (χ2v) is 6.39. The van der Waals surface area contributed by atoms with Crippen LogP contribution in [0.25, 0.3) is 0 Å². The van der Waals surface area contributed by atoms with Crippen LogP contribution in [0.5, 0.6) is 0 Å². The summed E-state index contributed by atoms with van der Waals surface area (Å²) in [5, 5.41) is 3.73. The van der Waals surface area contributed by atoms with Crippen molar-refractivity contribution in [2.75, 3.05) is 32.7 Å². The fourth-order valence-electron chi connectivity index (χ4n) is 3.13. The number of benzene rings is 1. The van der Waals surface area contributed by atoms with Crippen molar-refractivity contribution < 1.29 is 9.18 Å². The Balaban J connectivity index is 1.52. The summed E-state index contributed by atoms with van der Waals surface area (Å²) in [6, 6.07) is 4.53. The molecule has 2 saturated heterocycles. The zero-order valence-electron chi connectivity index (χ0n) is 12.5. The van der Waals surface area contributed by atoms with Gasteiger partial charge in [0, 0.05) is 37.7 Å². The molecule has 0 spiro atoms. The number of nitrogens with one attached hydrogen (secondary N) is 1. The number of hydrogen-bond acceptors (Lipinski definition) is 3. The summed E-state index contributed by atoms with van der Waals surface area (Å²) >= 11 is 6.07. The van der Waals surface area contributed by atoms with Gasteiger partial charge in [0.25, 0.3) is 0 Å². The number of nitrogens with zero attached hydrogens (tertiary/aromatic N) is 2. The molecule has 22 heavy (non-hydrogen) atoms. The molecule has 0 aromatic heterocycles. The first kappa shape index (κ1) is 15.7. The number of amides is 1. The van der Waals surface area contributed by atoms with E-state index in [1.54, 1.807) is 6.07 Å². The molecule has 0 radical (unpaired) electrons. The monoisotopic (exact) mass is 325 g/mol. The molecule has 0 aliphatic carbocycles. The Kier molecular flexibility index (Phi) is 4.96. The summed E-state index contributed by atoms with van der Waals surface area (Å²) in [4.78, 5) is 16.5. The SMILES string of the molecule is O=C(C1CCCN1)N1CCN(Cc2ccc(F)cc2Cl)CC1. The van der Waals surface area contributed by atoms with Crippen molar-refractivity contribution in [1.82, 2.24) is 15.1 Å². The van der Waals surface area contributed by atoms with E-state index in [4.69, 9.17) is 11.6 Å². The van der Waals surface area contributed by atoms with E-state index in [0.29, 0.717) is 11.6 Å². The number of piperazine rings is 1. The van der Waals surface area contributed by atoms with E-state index in [2.05, 4.69) is 10.2 Å². The van der Waals surface area contributed by atoms with Gasteiger partial charge < -0.3 is 10.2 Å². The minimum atomic E-state index is -0.312. The highest BCUT2D eigenvalue weighted by Crippen LogP contribution is 2.20. The van der Waals surface area contributed by atoms with Crippen LogP contribution < -0.4 is 5.32 Å². The van der Waals surface area contributed by atoms with E-state index in [9.17, 15) is 9.18 Å². The Morgan fingerprint density at radius 3 is 2.73 bits per heavy atom. The molecule has 0 bridgehead atoms. The number of halogens is 2. The third-order valence-corrected chi connectivity index (χ3v) is 4.80. The minimum absolute atomic E-state index is 0.0121. The first-order valence-corrected chi connectivity index (χ1v) is 8.20. The van der Waals surface area contributed by atoms with Gasteiger partial charge in [-0.25, -0.2) is 4.39 Å². The smallest absolute Gasteiger partial charge is 0.239 e. The van der Waals surface area contributed by atoms with Crippen molar-refractivity contribution in [1.29, 1.82) is 0 Å². The molecule has 1 unspecified atom stereocenters. The minimum Gasteiger partial charge on any atom is -0.339 e. The molecule has 2 fully saturated rings. The average Bonchev–Trinajstić information content (AvgIpc) is 3.04. The maximum atomic E-state index is 13.1. The van der Waals surface area contributed by atoms with E-state index in [0.717, 1.165) is 51.1 Å². The van der Waals surface area contributed by atoms with Gasteiger partial charge in [0.2, 0.25) is 5.91 Å². The van der Waals surface area contributed by atoms with Crippen LogP contribution in [0.3, 0.4) is 0 Å². The van der Waals surface area contributed by atoms with E-state index >= 15 is 0 Å². The summed E-state index contributed by atoms with van der Waals surface area (Å²) in [6.45, 7) is 4.78. The molecule has 0 saturated carbocycles. The Morgan fingerprint density at radius 2 is 2.09 bits per heavy atom. The third-order valence-electron chi connectivity index (χ3n) is 4.45. The third kappa shape index (κ3) is 3.59. The summed E-state index contributed by atoms with van der Waals surface area (Å²) in [7, 11) is 0. The molecular weight excluding hydrogens is 305 g/mol. The zero-order valence-corrected chi connectivity index (χ0v) is 13.3. The lowest BCUT2D eigenvalue weighted by molar-refractivity contribution is -0.134. The van der Waals surface area contributed by atoms with Crippen LogP contribution in [0.1, 0.15) is 18.4 Å². The highest BCUT2D eigenvalue weighted by atomic mass is 35.5. The van der Waals surface area contributed by atoms with Crippen molar-refractivity contribution >= 4 is 17.5 Å². The first-order chi connectivity index (χ1) is 10.6. The topological polar surface area (TPSA) is 35.6 Å². The molecule has 1 aromatic carbocycles. The largest absolute Gasteiger partial charge is 0.339 e. The molecule has 1 amide bonds. The van der Waals surface area contributed by atoms with Gasteiger partial charge in [0.15, 0.2) is 0 Å². The molecule has 2 heterocycles. The molecule has 2 aliphatic heterocycles. The number of carbonyl (C=O) groups is 1. The molecule has 120 valence electrons. The summed E-state index contributed by atoms with van der Waals surface area (Å²) in [5.74, 6) is -0.0785. The van der Waals surface area contributed by atoms with Crippen molar-refractivity contribution in [2.45, 2.75) is 25.4 Å². The lowest BCUT2D eigenvalue weighted by atomic mass is 10.1. The lowest BCUT2D eigenvalue weighted by Gasteiger charge is -2.36. The molecule has 4 nitrogen and oxygen atoms in total. The van der Waals surface area contributed by atoms with Crippen LogP contribution in [0.4, 0.5) is 4.39 Å². The normalized spacial score (nSPS) is 23.0. The fourth-order valence-corrected chi connectivity index (χ4v) is 3.36. The van der Waals surface area contributed by atoms with E-state index < -0.39 is 0 Å². The summed E-state index contributed by atoms with van der Waals surface area (Å²) < 4.78 is 13.1. The lowest BCUT2D eigenvalue weighted by Crippen LogP contribution is -2.52. The van der Waals surface area contributed by atoms with Crippen molar-refractivity contribution in [3.8, 4) is 0 Å². The second-order valence-electron chi connectivity index (χ2n) is 5.99. The molecule has 6 heteroatoms. The average molecular weight is 326 g/mol. The van der Waals surface area contributed by atoms with Crippen LogP contribution in [0.15, 0.2) is 18.2 Å². The van der Waals surface area contributed by atoms with Crippen LogP contribution in [0, 0.1) is 5.82 Å². The standard InChI is InChI=1S/C16H21ClFN3O/c17-14-10-13(18)4-3-12(14)11-20-6-8-21(9-7-20)16(22)15-2-1-5-19-15/h3-4,10,15,19H,1-2,5-9,11H2. The number of carbonyl (C=O) groups excluding carboxylic acids is 1. The highest BCUT2D eigenvalue weighted by molar-refractivity contribution is 6.31. The molecule has 1 atom stereocenters. The number of hydrogen-bond donors (Lipinski definition) is 1. The van der Waals surface area contributed by atoms with Crippen LogP contribution >= 0.6 is 11.6 Å². The zero-order chi connectivity index (χ0) is 15.5. The Morgan fingerprint density at radius 1 is 1.32 bits per heavy atom. The van der Waals surface area contributed by atoms with Gasteiger partial charge in [-0.3, -0.25) is 9.69 Å². The van der Waals surface area contributed by atoms with Gasteiger partial charge in [-0.15, -0.1) is 0 Å². The van der Waals surface area contributed by atoms with Gasteiger partial charge in [-0.1, -0.05) is 17.7 Å². The number of rotatable bonds is 3. The maximum Gasteiger partial charge on any atom is 0.239 e. The highest BCUT2D eigenvalue weighted by Gasteiger charge is 2.29. The first-order valence-electron chi connectivity index (χ1n) is 7.82. The van der Waals surface area contributed by atoms with Gasteiger partial charge in [0.1, 0.15) is 5.82 Å². The summed E-state index contributed by atoms with van der Waals surface area (Å²) in [5.41, 5.74) is 0.931. The second kappa shape index (κ2) is 6.94. The molecule has 1 aromatic rings. The Labute approximate surface area is 135 Å². The van der Waals surface area contributed by atoms with E-state index in [1.165, 1.54) is 12.1 Å². The van der Waals surface area contributed by atoms with E-state index in [-0.39, 0.29) is 17.8 Å². The van der Waals surface area contributed by atoms with Gasteiger partial charge in [0.05, 0.1) is 6.04 Å². The van der Waals surface area contributed by atoms with Crippen LogP contribution in [-0.4, -0.2) is 54.5 Å². The van der Waals surface area contributed by atoms with Gasteiger partial charge in [-0.2, -0.15) is 0 Å². The molecule has 3 rings (SSSR count). The maximum absolute atomic E-state index is 13.1. The molecule has 1 N–H and O–H groups in total. The van der Waals surface area contributed by atoms with Crippen molar-refractivity contribution in [3.05, 3.63) is 34.6 Å². The predicted molar refractivity (Wildman–Crippen MR) is 84.3 cm³/mol. The van der Waals surface area contributed by atoms with Gasteiger partial charge >= 0.3 is 0 Å². The predicted octanol–water partition coefficient (Wildman–Crippen LogP) is 1.88.